The second kappa shape index (κ2) is 5.29. The van der Waals surface area contributed by atoms with Crippen molar-refractivity contribution in [3.05, 3.63) is 52.8 Å². The normalized spacial score (nSPS) is 10.2. The molecule has 0 unspecified atom stereocenters. The van der Waals surface area contributed by atoms with Crippen molar-refractivity contribution < 1.29 is 4.79 Å². The molecular weight excluding hydrogens is 260 g/mol. The Kier molecular flexibility index (Phi) is 3.73. The van der Waals surface area contributed by atoms with E-state index in [9.17, 15) is 4.79 Å². The predicted molar refractivity (Wildman–Crippen MR) is 75.0 cm³/mol. The molecule has 0 spiro atoms. The molecule has 2 aromatic rings. The molecule has 0 aliphatic carbocycles. The van der Waals surface area contributed by atoms with Gasteiger partial charge in [0.05, 0.1) is 17.5 Å². The first-order valence-corrected chi connectivity index (χ1v) is 6.40. The highest BCUT2D eigenvalue weighted by Gasteiger charge is 2.15. The van der Waals surface area contributed by atoms with E-state index in [0.717, 1.165) is 17.1 Å². The Morgan fingerprint density at radius 1 is 1.32 bits per heavy atom. The SMILES string of the molecule is Cc1cc(C(=O)CCl)c(C)n1-c1ccc(C#N)cc1. The van der Waals surface area contributed by atoms with Gasteiger partial charge in [0.2, 0.25) is 0 Å². The summed E-state index contributed by atoms with van der Waals surface area (Å²) >= 11 is 5.61. The molecule has 2 rings (SSSR count). The number of aromatic nitrogens is 1. The van der Waals surface area contributed by atoms with E-state index in [1.165, 1.54) is 0 Å². The van der Waals surface area contributed by atoms with Crippen LogP contribution in [-0.4, -0.2) is 16.2 Å². The van der Waals surface area contributed by atoms with Crippen molar-refractivity contribution >= 4 is 17.4 Å². The van der Waals surface area contributed by atoms with E-state index >= 15 is 0 Å². The third-order valence-corrected chi connectivity index (χ3v) is 3.35. The largest absolute Gasteiger partial charge is 0.318 e. The zero-order valence-electron chi connectivity index (χ0n) is 10.8. The molecule has 0 aliphatic rings. The predicted octanol–water partition coefficient (Wildman–Crippen LogP) is 3.39. The standard InChI is InChI=1S/C15H13ClN2O/c1-10-7-14(15(19)8-16)11(2)18(10)13-5-3-12(9-17)4-6-13/h3-7H,8H2,1-2H3. The highest BCUT2D eigenvalue weighted by Crippen LogP contribution is 2.21. The van der Waals surface area contributed by atoms with Crippen LogP contribution < -0.4 is 0 Å². The summed E-state index contributed by atoms with van der Waals surface area (Å²) in [6, 6.07) is 11.2. The second-order valence-electron chi connectivity index (χ2n) is 4.34. The number of hydrogen-bond donors (Lipinski definition) is 0. The van der Waals surface area contributed by atoms with Gasteiger partial charge in [-0.05, 0) is 44.2 Å². The topological polar surface area (TPSA) is 45.8 Å². The van der Waals surface area contributed by atoms with Crippen molar-refractivity contribution in [1.29, 1.82) is 5.26 Å². The molecule has 1 heterocycles. The van der Waals surface area contributed by atoms with Crippen LogP contribution in [0.4, 0.5) is 0 Å². The van der Waals surface area contributed by atoms with Crippen molar-refractivity contribution in [2.45, 2.75) is 13.8 Å². The molecule has 4 heteroatoms. The number of hydrogen-bond acceptors (Lipinski definition) is 2. The molecule has 96 valence electrons. The van der Waals surface area contributed by atoms with E-state index in [1.807, 2.05) is 36.6 Å². The monoisotopic (exact) mass is 272 g/mol. The number of carbonyl (C=O) groups is 1. The minimum absolute atomic E-state index is 0.0162. The zero-order chi connectivity index (χ0) is 14.0. The molecular formula is C15H13ClN2O. The molecule has 0 N–H and O–H groups in total. The molecule has 0 fully saturated rings. The maximum atomic E-state index is 11.7. The maximum absolute atomic E-state index is 11.7. The quantitative estimate of drug-likeness (QED) is 0.635. The lowest BCUT2D eigenvalue weighted by atomic mass is 10.2. The summed E-state index contributed by atoms with van der Waals surface area (Å²) in [5, 5.41) is 8.80. The summed E-state index contributed by atoms with van der Waals surface area (Å²) in [5.74, 6) is -0.0906. The molecule has 1 aromatic carbocycles. The van der Waals surface area contributed by atoms with E-state index < -0.39 is 0 Å². The smallest absolute Gasteiger partial charge is 0.179 e. The van der Waals surface area contributed by atoms with Crippen molar-refractivity contribution in [2.24, 2.45) is 0 Å². The molecule has 0 radical (unpaired) electrons. The summed E-state index contributed by atoms with van der Waals surface area (Å²) in [6.07, 6.45) is 0. The van der Waals surface area contributed by atoms with Gasteiger partial charge in [-0.3, -0.25) is 4.79 Å². The van der Waals surface area contributed by atoms with E-state index in [0.29, 0.717) is 11.1 Å². The summed E-state index contributed by atoms with van der Waals surface area (Å²) < 4.78 is 1.99. The Balaban J connectivity index is 2.53. The first-order valence-electron chi connectivity index (χ1n) is 5.87. The van der Waals surface area contributed by atoms with E-state index in [4.69, 9.17) is 16.9 Å². The van der Waals surface area contributed by atoms with Crippen LogP contribution in [0.15, 0.2) is 30.3 Å². The van der Waals surface area contributed by atoms with Crippen LogP contribution in [-0.2, 0) is 0 Å². The van der Waals surface area contributed by atoms with Gasteiger partial charge in [-0.25, -0.2) is 0 Å². The van der Waals surface area contributed by atoms with Gasteiger partial charge >= 0.3 is 0 Å². The highest BCUT2D eigenvalue weighted by molar-refractivity contribution is 6.30. The Morgan fingerprint density at radius 2 is 1.95 bits per heavy atom. The number of nitriles is 1. The van der Waals surface area contributed by atoms with Crippen LogP contribution in [0.5, 0.6) is 0 Å². The van der Waals surface area contributed by atoms with E-state index in [1.54, 1.807) is 12.1 Å². The van der Waals surface area contributed by atoms with Crippen LogP contribution in [0.1, 0.15) is 27.3 Å². The summed E-state index contributed by atoms with van der Waals surface area (Å²) in [7, 11) is 0. The summed E-state index contributed by atoms with van der Waals surface area (Å²) in [5.41, 5.74) is 4.03. The Labute approximate surface area is 117 Å². The lowest BCUT2D eigenvalue weighted by molar-refractivity contribution is 0.102. The van der Waals surface area contributed by atoms with Crippen LogP contribution in [0.3, 0.4) is 0 Å². The lowest BCUT2D eigenvalue weighted by Crippen LogP contribution is -2.04. The van der Waals surface area contributed by atoms with Gasteiger partial charge in [0.1, 0.15) is 0 Å². The minimum atomic E-state index is -0.0744. The Morgan fingerprint density at radius 3 is 2.47 bits per heavy atom. The lowest BCUT2D eigenvalue weighted by Gasteiger charge is -2.09. The summed E-state index contributed by atoms with van der Waals surface area (Å²) in [4.78, 5) is 11.7. The van der Waals surface area contributed by atoms with Crippen molar-refractivity contribution in [3.8, 4) is 11.8 Å². The number of carbonyl (C=O) groups excluding carboxylic acids is 1. The fourth-order valence-corrected chi connectivity index (χ4v) is 2.34. The number of benzene rings is 1. The Hall–Kier alpha value is -2.05. The van der Waals surface area contributed by atoms with Crippen LogP contribution >= 0.6 is 11.6 Å². The minimum Gasteiger partial charge on any atom is -0.318 e. The number of halogens is 1. The third-order valence-electron chi connectivity index (χ3n) is 3.11. The van der Waals surface area contributed by atoms with Gasteiger partial charge in [-0.1, -0.05) is 0 Å². The number of Topliss-reactive ketones (excluding diaryl/α,β-unsaturated/α-hetero) is 1. The molecule has 0 saturated carbocycles. The molecule has 0 saturated heterocycles. The van der Waals surface area contributed by atoms with Gasteiger partial charge in [0.25, 0.3) is 0 Å². The van der Waals surface area contributed by atoms with Crippen molar-refractivity contribution in [2.75, 3.05) is 5.88 Å². The Bertz CT molecular complexity index is 663. The number of ketones is 1. The van der Waals surface area contributed by atoms with Crippen molar-refractivity contribution in [3.63, 3.8) is 0 Å². The van der Waals surface area contributed by atoms with Crippen molar-refractivity contribution in [1.82, 2.24) is 4.57 Å². The van der Waals surface area contributed by atoms with Gasteiger partial charge < -0.3 is 4.57 Å². The van der Waals surface area contributed by atoms with Crippen LogP contribution in [0.25, 0.3) is 5.69 Å². The first-order chi connectivity index (χ1) is 9.08. The second-order valence-corrected chi connectivity index (χ2v) is 4.60. The number of rotatable bonds is 3. The molecule has 0 aliphatic heterocycles. The highest BCUT2D eigenvalue weighted by atomic mass is 35.5. The molecule has 19 heavy (non-hydrogen) atoms. The maximum Gasteiger partial charge on any atom is 0.179 e. The average molecular weight is 273 g/mol. The number of alkyl halides is 1. The van der Waals surface area contributed by atoms with Gasteiger partial charge in [0.15, 0.2) is 5.78 Å². The number of aryl methyl sites for hydroxylation is 1. The molecule has 1 aromatic heterocycles. The zero-order valence-corrected chi connectivity index (χ0v) is 11.5. The van der Waals surface area contributed by atoms with Gasteiger partial charge in [0, 0.05) is 22.6 Å². The van der Waals surface area contributed by atoms with Gasteiger partial charge in [-0.2, -0.15) is 5.26 Å². The first kappa shape index (κ1) is 13.4. The fourth-order valence-electron chi connectivity index (χ4n) is 2.20. The summed E-state index contributed by atoms with van der Waals surface area (Å²) in [6.45, 7) is 3.83. The van der Waals surface area contributed by atoms with Crippen LogP contribution in [0, 0.1) is 25.2 Å². The van der Waals surface area contributed by atoms with E-state index in [-0.39, 0.29) is 11.7 Å². The fraction of sp³-hybridized carbons (Fsp3) is 0.200. The molecule has 0 amide bonds. The molecule has 0 atom stereocenters. The van der Waals surface area contributed by atoms with E-state index in [2.05, 4.69) is 6.07 Å². The van der Waals surface area contributed by atoms with Gasteiger partial charge in [-0.15, -0.1) is 11.6 Å². The third kappa shape index (κ3) is 2.40. The molecule has 3 nitrogen and oxygen atoms in total. The number of nitrogens with zero attached hydrogens (tertiary/aromatic N) is 2. The average Bonchev–Trinajstić information content (AvgIpc) is 2.73. The van der Waals surface area contributed by atoms with Crippen LogP contribution in [0.2, 0.25) is 0 Å². The molecule has 0 bridgehead atoms.